The van der Waals surface area contributed by atoms with Crippen LogP contribution in [-0.2, 0) is 19.4 Å². The van der Waals surface area contributed by atoms with Crippen LogP contribution in [0.3, 0.4) is 0 Å². The van der Waals surface area contributed by atoms with Gasteiger partial charge in [-0.3, -0.25) is 4.90 Å². The number of fused-ring (bicyclic) bond motifs is 1. The van der Waals surface area contributed by atoms with Crippen LogP contribution >= 0.6 is 11.3 Å². The maximum atomic E-state index is 12.4. The van der Waals surface area contributed by atoms with E-state index >= 15 is 0 Å². The molecule has 1 atom stereocenters. The number of carbonyl (C=O) groups is 1. The van der Waals surface area contributed by atoms with Gasteiger partial charge in [0.25, 0.3) is 0 Å². The zero-order valence-corrected chi connectivity index (χ0v) is 16.4. The van der Waals surface area contributed by atoms with Crippen LogP contribution in [0.1, 0.15) is 30.5 Å². The molecule has 0 fully saturated rings. The predicted octanol–water partition coefficient (Wildman–Crippen LogP) is 3.13. The zero-order valence-electron chi connectivity index (χ0n) is 15.6. The third-order valence-corrected chi connectivity index (χ3v) is 5.60. The molecule has 0 spiro atoms. The van der Waals surface area contributed by atoms with Crippen molar-refractivity contribution in [1.82, 2.24) is 15.5 Å². The van der Waals surface area contributed by atoms with E-state index < -0.39 is 0 Å². The van der Waals surface area contributed by atoms with E-state index in [0.29, 0.717) is 12.3 Å². The highest BCUT2D eigenvalue weighted by Gasteiger charge is 2.25. The smallest absolute Gasteiger partial charge is 0.315 e. The molecule has 3 rings (SSSR count). The maximum absolute atomic E-state index is 12.4. The molecule has 0 saturated heterocycles. The predicted molar refractivity (Wildman–Crippen MR) is 106 cm³/mol. The number of hydrogen-bond donors (Lipinski definition) is 3. The molecule has 3 N–H and O–H groups in total. The van der Waals surface area contributed by atoms with E-state index in [2.05, 4.69) is 39.4 Å². The van der Waals surface area contributed by atoms with Gasteiger partial charge in [0.05, 0.1) is 0 Å². The monoisotopic (exact) mass is 373 g/mol. The molecular weight excluding hydrogens is 346 g/mol. The van der Waals surface area contributed by atoms with Crippen molar-refractivity contribution in [3.63, 3.8) is 0 Å². The fourth-order valence-electron chi connectivity index (χ4n) is 3.50. The number of thiophene rings is 1. The third kappa shape index (κ3) is 4.77. The Hall–Kier alpha value is -2.05. The summed E-state index contributed by atoms with van der Waals surface area (Å²) in [5.74, 6) is 0.306. The second-order valence-corrected chi connectivity index (χ2v) is 8.53. The largest absolute Gasteiger partial charge is 0.508 e. The molecular formula is C20H27N3O2S. The quantitative estimate of drug-likeness (QED) is 0.754. The molecule has 1 aromatic heterocycles. The zero-order chi connectivity index (χ0) is 18.7. The lowest BCUT2D eigenvalue weighted by Gasteiger charge is -2.34. The van der Waals surface area contributed by atoms with E-state index in [1.807, 2.05) is 26.0 Å². The Morgan fingerprint density at radius 2 is 2.15 bits per heavy atom. The fourth-order valence-corrected chi connectivity index (χ4v) is 4.17. The van der Waals surface area contributed by atoms with Crippen LogP contribution in [-0.4, -0.2) is 41.2 Å². The molecule has 26 heavy (non-hydrogen) atoms. The summed E-state index contributed by atoms with van der Waals surface area (Å²) in [5, 5.41) is 19.9. The van der Waals surface area contributed by atoms with Gasteiger partial charge >= 0.3 is 6.03 Å². The second-order valence-electron chi connectivity index (χ2n) is 7.75. The lowest BCUT2D eigenvalue weighted by Crippen LogP contribution is -2.53. The summed E-state index contributed by atoms with van der Waals surface area (Å²) < 4.78 is 0. The third-order valence-electron chi connectivity index (χ3n) is 4.86. The Morgan fingerprint density at radius 1 is 1.35 bits per heavy atom. The minimum Gasteiger partial charge on any atom is -0.508 e. The van der Waals surface area contributed by atoms with E-state index in [4.69, 9.17) is 0 Å². The summed E-state index contributed by atoms with van der Waals surface area (Å²) in [6.45, 7) is 5.46. The normalized spacial score (nSPS) is 17.6. The molecule has 0 saturated carbocycles. The molecule has 0 radical (unpaired) electrons. The highest BCUT2D eigenvalue weighted by Crippen LogP contribution is 2.25. The molecule has 5 nitrogen and oxygen atoms in total. The number of nitrogens with zero attached hydrogens (tertiary/aromatic N) is 1. The Bertz CT molecular complexity index is 758. The summed E-state index contributed by atoms with van der Waals surface area (Å²) in [6, 6.07) is 7.75. The standard InChI is InChI=1S/C20H27N3O2S/c1-20(2,10-14-6-7-26-13-14)22-19(25)21-11-17-8-15-4-5-18(24)9-16(15)12-23(17)3/h4-7,9,13,17,24H,8,10-12H2,1-3H3,(H2,21,22,25). The topological polar surface area (TPSA) is 64.6 Å². The minimum atomic E-state index is -0.298. The first kappa shape index (κ1) is 18.7. The van der Waals surface area contributed by atoms with Crippen LogP contribution in [0.25, 0.3) is 0 Å². The van der Waals surface area contributed by atoms with E-state index in [1.165, 1.54) is 11.1 Å². The summed E-state index contributed by atoms with van der Waals surface area (Å²) in [5.41, 5.74) is 3.34. The van der Waals surface area contributed by atoms with Crippen molar-refractivity contribution in [2.75, 3.05) is 13.6 Å². The molecule has 2 amide bonds. The number of amides is 2. The van der Waals surface area contributed by atoms with Crippen molar-refractivity contribution >= 4 is 17.4 Å². The Labute approximate surface area is 159 Å². The van der Waals surface area contributed by atoms with Crippen molar-refractivity contribution in [2.24, 2.45) is 0 Å². The first-order chi connectivity index (χ1) is 12.3. The highest BCUT2D eigenvalue weighted by molar-refractivity contribution is 7.07. The summed E-state index contributed by atoms with van der Waals surface area (Å²) in [6.07, 6.45) is 1.68. The number of hydrogen-bond acceptors (Lipinski definition) is 4. The van der Waals surface area contributed by atoms with Crippen molar-refractivity contribution in [2.45, 2.75) is 44.8 Å². The molecule has 1 aliphatic heterocycles. The van der Waals surface area contributed by atoms with Gasteiger partial charge in [0.2, 0.25) is 0 Å². The molecule has 0 bridgehead atoms. The van der Waals surface area contributed by atoms with Gasteiger partial charge in [-0.05, 0) is 79.4 Å². The summed E-state index contributed by atoms with van der Waals surface area (Å²) in [7, 11) is 2.05. The summed E-state index contributed by atoms with van der Waals surface area (Å²) >= 11 is 1.67. The number of carbonyl (C=O) groups excluding carboxylic acids is 1. The molecule has 1 aliphatic rings. The average Bonchev–Trinajstić information content (AvgIpc) is 3.04. The first-order valence-electron chi connectivity index (χ1n) is 8.90. The average molecular weight is 374 g/mol. The number of likely N-dealkylation sites (N-methyl/N-ethyl adjacent to an activating group) is 1. The Morgan fingerprint density at radius 3 is 2.88 bits per heavy atom. The van der Waals surface area contributed by atoms with Crippen molar-refractivity contribution in [3.8, 4) is 5.75 Å². The van der Waals surface area contributed by atoms with E-state index in [1.54, 1.807) is 17.4 Å². The van der Waals surface area contributed by atoms with Crippen molar-refractivity contribution < 1.29 is 9.90 Å². The number of urea groups is 1. The summed E-state index contributed by atoms with van der Waals surface area (Å²) in [4.78, 5) is 14.6. The second kappa shape index (κ2) is 7.68. The van der Waals surface area contributed by atoms with Gasteiger partial charge < -0.3 is 15.7 Å². The minimum absolute atomic E-state index is 0.130. The van der Waals surface area contributed by atoms with Crippen LogP contribution < -0.4 is 10.6 Å². The lowest BCUT2D eigenvalue weighted by atomic mass is 9.94. The van der Waals surface area contributed by atoms with Gasteiger partial charge in [0.15, 0.2) is 0 Å². The first-order valence-corrected chi connectivity index (χ1v) is 9.85. The highest BCUT2D eigenvalue weighted by atomic mass is 32.1. The van der Waals surface area contributed by atoms with Crippen LogP contribution in [0.15, 0.2) is 35.0 Å². The van der Waals surface area contributed by atoms with Crippen LogP contribution in [0.2, 0.25) is 0 Å². The number of phenolic OH excluding ortho intramolecular Hbond substituents is 1. The van der Waals surface area contributed by atoms with Crippen molar-refractivity contribution in [1.29, 1.82) is 0 Å². The molecule has 0 aliphatic carbocycles. The number of phenols is 1. The Balaban J connectivity index is 1.52. The van der Waals surface area contributed by atoms with Gasteiger partial charge in [0, 0.05) is 24.7 Å². The van der Waals surface area contributed by atoms with Crippen molar-refractivity contribution in [3.05, 3.63) is 51.7 Å². The SMILES string of the molecule is CN1Cc2cc(O)ccc2CC1CNC(=O)NC(C)(C)Cc1ccsc1. The molecule has 6 heteroatoms. The Kier molecular flexibility index (Phi) is 5.53. The molecule has 1 aromatic carbocycles. The van der Waals surface area contributed by atoms with Gasteiger partial charge in [-0.25, -0.2) is 4.79 Å². The lowest BCUT2D eigenvalue weighted by molar-refractivity contribution is 0.199. The van der Waals surface area contributed by atoms with E-state index in [-0.39, 0.29) is 17.6 Å². The number of benzene rings is 1. The van der Waals surface area contributed by atoms with Crippen LogP contribution in [0.5, 0.6) is 5.75 Å². The maximum Gasteiger partial charge on any atom is 0.315 e. The van der Waals surface area contributed by atoms with Gasteiger partial charge in [-0.15, -0.1) is 0 Å². The number of rotatable bonds is 5. The molecule has 2 heterocycles. The van der Waals surface area contributed by atoms with Gasteiger partial charge in [-0.2, -0.15) is 11.3 Å². The van der Waals surface area contributed by atoms with Gasteiger partial charge in [0.1, 0.15) is 5.75 Å². The van der Waals surface area contributed by atoms with E-state index in [9.17, 15) is 9.90 Å². The van der Waals surface area contributed by atoms with Crippen LogP contribution in [0.4, 0.5) is 4.79 Å². The molecule has 1 unspecified atom stereocenters. The number of aromatic hydroxyl groups is 1. The fraction of sp³-hybridized carbons (Fsp3) is 0.450. The molecule has 2 aromatic rings. The van der Waals surface area contributed by atoms with Gasteiger partial charge in [-0.1, -0.05) is 6.07 Å². The van der Waals surface area contributed by atoms with E-state index in [0.717, 1.165) is 24.9 Å². The van der Waals surface area contributed by atoms with Crippen LogP contribution in [0, 0.1) is 0 Å². The number of nitrogens with one attached hydrogen (secondary N) is 2. The molecule has 140 valence electrons.